The van der Waals surface area contributed by atoms with Gasteiger partial charge in [-0.2, -0.15) is 0 Å². The zero-order chi connectivity index (χ0) is 11.7. The molecule has 0 saturated heterocycles. The fraction of sp³-hybridized carbons (Fsp3) is 0. The molecular formula is C12H10F2P2. The second-order valence-corrected chi connectivity index (χ2v) is 4.76. The Morgan fingerprint density at radius 3 is 2.19 bits per heavy atom. The first-order chi connectivity index (χ1) is 7.58. The summed E-state index contributed by atoms with van der Waals surface area (Å²) in [6.45, 7) is 0. The van der Waals surface area contributed by atoms with Crippen LogP contribution in [-0.2, 0) is 0 Å². The minimum Gasteiger partial charge on any atom is -0.206 e. The predicted octanol–water partition coefficient (Wildman–Crippen LogP) is 2.63. The maximum atomic E-state index is 13.6. The molecule has 2 rings (SSSR count). The third kappa shape index (κ3) is 2.29. The molecular weight excluding hydrogens is 244 g/mol. The Morgan fingerprint density at radius 1 is 0.812 bits per heavy atom. The van der Waals surface area contributed by atoms with Crippen molar-refractivity contribution in [3.63, 3.8) is 0 Å². The van der Waals surface area contributed by atoms with E-state index in [1.54, 1.807) is 24.3 Å². The summed E-state index contributed by atoms with van der Waals surface area (Å²) in [5, 5.41) is 1.25. The van der Waals surface area contributed by atoms with E-state index in [0.717, 1.165) is 5.30 Å². The molecule has 0 heterocycles. The average Bonchev–Trinajstić information content (AvgIpc) is 2.22. The van der Waals surface area contributed by atoms with Crippen molar-refractivity contribution in [1.29, 1.82) is 0 Å². The van der Waals surface area contributed by atoms with E-state index in [2.05, 4.69) is 18.5 Å². The SMILES string of the molecule is Fc1cc(-c2ccc(P)cc2F)ccc1P. The second-order valence-electron chi connectivity index (χ2n) is 3.48. The van der Waals surface area contributed by atoms with Crippen molar-refractivity contribution >= 4 is 29.1 Å². The van der Waals surface area contributed by atoms with E-state index in [9.17, 15) is 8.78 Å². The summed E-state index contributed by atoms with van der Waals surface area (Å²) in [6.07, 6.45) is 0. The van der Waals surface area contributed by atoms with Gasteiger partial charge in [-0.05, 0) is 23.0 Å². The van der Waals surface area contributed by atoms with Gasteiger partial charge in [-0.1, -0.05) is 24.3 Å². The van der Waals surface area contributed by atoms with Crippen molar-refractivity contribution in [3.05, 3.63) is 48.0 Å². The minimum atomic E-state index is -0.350. The highest BCUT2D eigenvalue weighted by atomic mass is 31.0. The molecule has 0 bridgehead atoms. The Morgan fingerprint density at radius 2 is 1.56 bits per heavy atom. The van der Waals surface area contributed by atoms with Gasteiger partial charge in [0.1, 0.15) is 11.6 Å². The molecule has 0 aliphatic carbocycles. The number of hydrogen-bond acceptors (Lipinski definition) is 0. The maximum Gasteiger partial charge on any atom is 0.131 e. The van der Waals surface area contributed by atoms with E-state index in [-0.39, 0.29) is 11.6 Å². The largest absolute Gasteiger partial charge is 0.206 e. The topological polar surface area (TPSA) is 0 Å². The second kappa shape index (κ2) is 4.57. The van der Waals surface area contributed by atoms with Crippen LogP contribution in [-0.4, -0.2) is 0 Å². The summed E-state index contributed by atoms with van der Waals surface area (Å²) >= 11 is 0. The lowest BCUT2D eigenvalue weighted by atomic mass is 10.1. The van der Waals surface area contributed by atoms with E-state index in [0.29, 0.717) is 16.4 Å². The molecule has 0 aromatic heterocycles. The van der Waals surface area contributed by atoms with Crippen LogP contribution in [0.4, 0.5) is 8.78 Å². The molecule has 0 amide bonds. The molecule has 0 radical (unpaired) electrons. The molecule has 82 valence electrons. The smallest absolute Gasteiger partial charge is 0.131 e. The number of halogens is 2. The molecule has 0 aliphatic rings. The van der Waals surface area contributed by atoms with Crippen LogP contribution in [0.3, 0.4) is 0 Å². The Kier molecular flexibility index (Phi) is 3.33. The minimum absolute atomic E-state index is 0.344. The summed E-state index contributed by atoms with van der Waals surface area (Å²) in [5.74, 6) is -0.694. The molecule has 2 atom stereocenters. The normalized spacial score (nSPS) is 10.5. The number of benzene rings is 2. The van der Waals surface area contributed by atoms with E-state index in [1.807, 2.05) is 0 Å². The van der Waals surface area contributed by atoms with Crippen molar-refractivity contribution in [2.75, 3.05) is 0 Å². The average molecular weight is 254 g/mol. The third-order valence-corrected chi connectivity index (χ3v) is 3.13. The van der Waals surface area contributed by atoms with E-state index >= 15 is 0 Å². The predicted molar refractivity (Wildman–Crippen MR) is 70.5 cm³/mol. The van der Waals surface area contributed by atoms with E-state index in [4.69, 9.17) is 0 Å². The van der Waals surface area contributed by atoms with Crippen LogP contribution in [0.5, 0.6) is 0 Å². The van der Waals surface area contributed by atoms with Gasteiger partial charge in [-0.25, -0.2) is 8.78 Å². The Balaban J connectivity index is 2.54. The summed E-state index contributed by atoms with van der Waals surface area (Å²) < 4.78 is 27.0. The van der Waals surface area contributed by atoms with Crippen LogP contribution >= 0.6 is 18.5 Å². The zero-order valence-corrected chi connectivity index (χ0v) is 10.7. The zero-order valence-electron chi connectivity index (χ0n) is 8.37. The van der Waals surface area contributed by atoms with Crippen LogP contribution in [0.2, 0.25) is 0 Å². The third-order valence-electron chi connectivity index (χ3n) is 2.30. The Bertz CT molecular complexity index is 539. The summed E-state index contributed by atoms with van der Waals surface area (Å²) in [4.78, 5) is 0. The van der Waals surface area contributed by atoms with Crippen molar-refractivity contribution in [2.45, 2.75) is 0 Å². The summed E-state index contributed by atoms with van der Waals surface area (Å²) in [5.41, 5.74) is 0.960. The lowest BCUT2D eigenvalue weighted by Gasteiger charge is -2.05. The highest BCUT2D eigenvalue weighted by Crippen LogP contribution is 2.22. The molecule has 0 N–H and O–H groups in total. The van der Waals surface area contributed by atoms with Crippen molar-refractivity contribution in [3.8, 4) is 11.1 Å². The first-order valence-electron chi connectivity index (χ1n) is 4.68. The molecule has 2 aromatic rings. The van der Waals surface area contributed by atoms with Gasteiger partial charge in [0.25, 0.3) is 0 Å². The molecule has 0 saturated carbocycles. The standard InChI is InChI=1S/C12H10F2P2/c13-10-6-8(15)2-3-9(10)7-1-4-12(16)11(14)5-7/h1-6H,15-16H2. The molecule has 2 aromatic carbocycles. The lowest BCUT2D eigenvalue weighted by molar-refractivity contribution is 0.629. The summed E-state index contributed by atoms with van der Waals surface area (Å²) in [7, 11) is 4.72. The van der Waals surface area contributed by atoms with Crippen LogP contribution in [0.25, 0.3) is 11.1 Å². The maximum absolute atomic E-state index is 13.6. The van der Waals surface area contributed by atoms with Gasteiger partial charge in [-0.15, -0.1) is 18.5 Å². The fourth-order valence-corrected chi connectivity index (χ4v) is 1.88. The molecule has 0 aliphatic heterocycles. The molecule has 4 heteroatoms. The quantitative estimate of drug-likeness (QED) is 0.686. The van der Waals surface area contributed by atoms with Gasteiger partial charge in [-0.3, -0.25) is 0 Å². The molecule has 0 fully saturated rings. The van der Waals surface area contributed by atoms with Gasteiger partial charge < -0.3 is 0 Å². The van der Waals surface area contributed by atoms with E-state index < -0.39 is 0 Å². The van der Waals surface area contributed by atoms with Gasteiger partial charge >= 0.3 is 0 Å². The van der Waals surface area contributed by atoms with Gasteiger partial charge in [0.15, 0.2) is 0 Å². The van der Waals surface area contributed by atoms with Crippen molar-refractivity contribution < 1.29 is 8.78 Å². The van der Waals surface area contributed by atoms with Crippen LogP contribution in [0.1, 0.15) is 0 Å². The van der Waals surface area contributed by atoms with Crippen LogP contribution in [0, 0.1) is 11.6 Å². The molecule has 16 heavy (non-hydrogen) atoms. The van der Waals surface area contributed by atoms with Crippen LogP contribution < -0.4 is 10.6 Å². The van der Waals surface area contributed by atoms with Crippen molar-refractivity contribution in [1.82, 2.24) is 0 Å². The van der Waals surface area contributed by atoms with Gasteiger partial charge in [0.2, 0.25) is 0 Å². The highest BCUT2D eigenvalue weighted by Gasteiger charge is 2.07. The number of rotatable bonds is 1. The first-order valence-corrected chi connectivity index (χ1v) is 5.84. The fourth-order valence-electron chi connectivity index (χ4n) is 1.46. The highest BCUT2D eigenvalue weighted by molar-refractivity contribution is 7.27. The Labute approximate surface area is 97.5 Å². The molecule has 2 unspecified atom stereocenters. The Hall–Kier alpha value is -0.840. The first kappa shape index (κ1) is 11.6. The lowest BCUT2D eigenvalue weighted by Crippen LogP contribution is -1.99. The van der Waals surface area contributed by atoms with Crippen molar-refractivity contribution in [2.24, 2.45) is 0 Å². The number of hydrogen-bond donors (Lipinski definition) is 0. The van der Waals surface area contributed by atoms with E-state index in [1.165, 1.54) is 12.1 Å². The van der Waals surface area contributed by atoms with Gasteiger partial charge in [0, 0.05) is 10.9 Å². The molecule has 0 nitrogen and oxygen atoms in total. The summed E-state index contributed by atoms with van der Waals surface area (Å²) in [6, 6.07) is 9.48. The van der Waals surface area contributed by atoms with Gasteiger partial charge in [0.05, 0.1) is 0 Å². The molecule has 0 spiro atoms. The monoisotopic (exact) mass is 254 g/mol. The van der Waals surface area contributed by atoms with Crippen LogP contribution in [0.15, 0.2) is 36.4 Å².